The Morgan fingerprint density at radius 3 is 2.06 bits per heavy atom. The van der Waals surface area contributed by atoms with Gasteiger partial charge < -0.3 is 20.1 Å². The predicted octanol–water partition coefficient (Wildman–Crippen LogP) is 5.66. The fraction of sp³-hybridized carbons (Fsp3) is 0.538. The van der Waals surface area contributed by atoms with Gasteiger partial charge in [-0.3, -0.25) is 14.7 Å². The predicted molar refractivity (Wildman–Crippen MR) is 198 cm³/mol. The van der Waals surface area contributed by atoms with Crippen LogP contribution < -0.4 is 10.5 Å². The van der Waals surface area contributed by atoms with E-state index in [2.05, 4.69) is 29.3 Å². The number of hydrogen-bond donors (Lipinski definition) is 1. The van der Waals surface area contributed by atoms with Crippen LogP contribution in [0.3, 0.4) is 0 Å². The maximum atomic E-state index is 12.5. The summed E-state index contributed by atoms with van der Waals surface area (Å²) in [5.74, 6) is 2.02. The number of nitrogens with two attached hydrogens (primary N) is 1. The molecule has 0 bridgehead atoms. The molecule has 0 spiro atoms. The second kappa shape index (κ2) is 14.0. The molecule has 2 aromatic heterocycles. The largest absolute Gasteiger partial charge is 0.457 e. The second-order valence-corrected chi connectivity index (χ2v) is 15.7. The van der Waals surface area contributed by atoms with Gasteiger partial charge in [-0.05, 0) is 89.3 Å². The maximum Gasteiger partial charge on any atom is 0.410 e. The molecule has 2 N–H and O–H groups in total. The fourth-order valence-corrected chi connectivity index (χ4v) is 8.41. The first-order valence-electron chi connectivity index (χ1n) is 18.7. The van der Waals surface area contributed by atoms with E-state index in [9.17, 15) is 4.79 Å². The molecule has 51 heavy (non-hydrogen) atoms. The van der Waals surface area contributed by atoms with Gasteiger partial charge in [0.25, 0.3) is 0 Å². The zero-order chi connectivity index (χ0) is 35.1. The third-order valence-corrected chi connectivity index (χ3v) is 11.2. The number of likely N-dealkylation sites (tertiary alicyclic amines) is 4. The number of carbonyl (C=O) groups excluding carboxylic acids is 1. The second-order valence-electron chi connectivity index (χ2n) is 15.7. The molecule has 270 valence electrons. The van der Waals surface area contributed by atoms with Crippen LogP contribution in [0, 0.1) is 0 Å². The van der Waals surface area contributed by atoms with Crippen molar-refractivity contribution in [2.75, 3.05) is 58.1 Å². The lowest BCUT2D eigenvalue weighted by Gasteiger charge is -2.50. The topological polar surface area (TPSA) is 118 Å². The number of nitrogens with zero attached hydrogens (tertiary/aromatic N) is 8. The number of carbonyl (C=O) groups is 1. The molecule has 0 unspecified atom stereocenters. The van der Waals surface area contributed by atoms with Gasteiger partial charge in [-0.15, -0.1) is 0 Å². The summed E-state index contributed by atoms with van der Waals surface area (Å²) in [5, 5.41) is 5.95. The van der Waals surface area contributed by atoms with Crippen LogP contribution in [-0.4, -0.2) is 122 Å². The Labute approximate surface area is 300 Å². The average molecular weight is 694 g/mol. The first-order chi connectivity index (χ1) is 24.7. The van der Waals surface area contributed by atoms with Gasteiger partial charge in [0, 0.05) is 76.0 Å². The van der Waals surface area contributed by atoms with Crippen molar-refractivity contribution in [1.29, 1.82) is 0 Å². The number of aromatic nitrogens is 4. The summed E-state index contributed by atoms with van der Waals surface area (Å²) < 4.78 is 13.7. The fourth-order valence-electron chi connectivity index (χ4n) is 8.41. The number of nitrogen functional groups attached to an aromatic ring is 1. The minimum Gasteiger partial charge on any atom is -0.457 e. The third kappa shape index (κ3) is 7.27. The number of anilines is 1. The van der Waals surface area contributed by atoms with Crippen LogP contribution in [0.1, 0.15) is 58.9 Å². The lowest BCUT2D eigenvalue weighted by Crippen LogP contribution is -2.63. The number of fused-ring (bicyclic) bond motifs is 1. The van der Waals surface area contributed by atoms with E-state index >= 15 is 0 Å². The first kappa shape index (κ1) is 33.9. The van der Waals surface area contributed by atoms with E-state index in [1.807, 2.05) is 80.3 Å². The molecule has 4 aliphatic heterocycles. The average Bonchev–Trinajstić information content (AvgIpc) is 3.75. The van der Waals surface area contributed by atoms with Crippen LogP contribution >= 0.6 is 0 Å². The third-order valence-electron chi connectivity index (χ3n) is 11.2. The monoisotopic (exact) mass is 693 g/mol. The van der Waals surface area contributed by atoms with Gasteiger partial charge in [0.05, 0.1) is 11.4 Å². The standard InChI is InChI=1S/C39H51N9O3/c1-39(2,3)51-38(49)45-20-13-28(14-21-45)47-24-31(25-47)46-22-17-30(23-46)44-18-15-29(16-19-44)48-37-34(36(40)41-26-42-37)35(43-48)27-9-11-33(12-10-27)50-32-7-5-4-6-8-32/h4-12,26,28-31H,13-25H2,1-3H3,(H2,40,41,42)/t30-/m0/s1. The molecule has 4 aliphatic rings. The zero-order valence-corrected chi connectivity index (χ0v) is 30.2. The van der Waals surface area contributed by atoms with Gasteiger partial charge in [0.15, 0.2) is 5.65 Å². The number of para-hydroxylation sites is 1. The molecule has 4 fully saturated rings. The number of benzene rings is 2. The molecule has 0 aliphatic carbocycles. The molecule has 0 saturated carbocycles. The SMILES string of the molecule is CC(C)(C)OC(=O)N1CCC(N2CC(N3CC[C@H](N4CCC(n5nc(-c6ccc(Oc7ccccc7)cc6)c6c(N)ncnc65)CC4)C3)C2)CC1. The van der Waals surface area contributed by atoms with Crippen molar-refractivity contribution >= 4 is 22.9 Å². The van der Waals surface area contributed by atoms with Gasteiger partial charge in [0.2, 0.25) is 0 Å². The Bertz CT molecular complexity index is 1800. The number of piperidine rings is 2. The molecular weight excluding hydrogens is 642 g/mol. The van der Waals surface area contributed by atoms with Crippen LogP contribution in [0.25, 0.3) is 22.3 Å². The Hall–Kier alpha value is -4.26. The number of rotatable bonds is 7. The van der Waals surface area contributed by atoms with Crippen molar-refractivity contribution < 1.29 is 14.3 Å². The molecule has 4 saturated heterocycles. The smallest absolute Gasteiger partial charge is 0.410 e. The Morgan fingerprint density at radius 1 is 0.725 bits per heavy atom. The van der Waals surface area contributed by atoms with Gasteiger partial charge in [-0.2, -0.15) is 5.10 Å². The normalized spacial score (nSPS) is 22.0. The van der Waals surface area contributed by atoms with E-state index in [0.717, 1.165) is 105 Å². The maximum absolute atomic E-state index is 12.5. The number of ether oxygens (including phenoxy) is 2. The van der Waals surface area contributed by atoms with E-state index in [4.69, 9.17) is 20.3 Å². The molecule has 12 nitrogen and oxygen atoms in total. The summed E-state index contributed by atoms with van der Waals surface area (Å²) in [5.41, 5.74) is 8.58. The molecule has 1 atom stereocenters. The summed E-state index contributed by atoms with van der Waals surface area (Å²) in [6.45, 7) is 14.1. The highest BCUT2D eigenvalue weighted by Gasteiger charge is 2.41. The van der Waals surface area contributed by atoms with Crippen LogP contribution in [0.5, 0.6) is 11.5 Å². The zero-order valence-electron chi connectivity index (χ0n) is 30.2. The highest BCUT2D eigenvalue weighted by atomic mass is 16.6. The van der Waals surface area contributed by atoms with Crippen molar-refractivity contribution in [3.05, 3.63) is 60.9 Å². The minimum atomic E-state index is -0.445. The van der Waals surface area contributed by atoms with Crippen molar-refractivity contribution in [3.8, 4) is 22.8 Å². The highest BCUT2D eigenvalue weighted by molar-refractivity contribution is 5.98. The Kier molecular flexibility index (Phi) is 9.32. The van der Waals surface area contributed by atoms with Crippen molar-refractivity contribution in [1.82, 2.24) is 39.3 Å². The molecule has 12 heteroatoms. The van der Waals surface area contributed by atoms with Crippen molar-refractivity contribution in [2.24, 2.45) is 0 Å². The summed E-state index contributed by atoms with van der Waals surface area (Å²) >= 11 is 0. The highest BCUT2D eigenvalue weighted by Crippen LogP contribution is 2.36. The Balaban J connectivity index is 0.840. The molecule has 4 aromatic rings. The summed E-state index contributed by atoms with van der Waals surface area (Å²) in [6.07, 6.45) is 6.73. The molecule has 8 rings (SSSR count). The molecule has 0 radical (unpaired) electrons. The van der Waals surface area contributed by atoms with Gasteiger partial charge >= 0.3 is 6.09 Å². The van der Waals surface area contributed by atoms with Crippen LogP contribution in [0.4, 0.5) is 10.6 Å². The first-order valence-corrected chi connectivity index (χ1v) is 18.7. The summed E-state index contributed by atoms with van der Waals surface area (Å²) in [6, 6.07) is 19.9. The molecule has 2 aromatic carbocycles. The van der Waals surface area contributed by atoms with Crippen LogP contribution in [0.2, 0.25) is 0 Å². The molecule has 6 heterocycles. The lowest BCUT2D eigenvalue weighted by molar-refractivity contribution is -0.0175. The van der Waals surface area contributed by atoms with Crippen molar-refractivity contribution in [2.45, 2.75) is 82.6 Å². The van der Waals surface area contributed by atoms with E-state index in [0.29, 0.717) is 23.9 Å². The van der Waals surface area contributed by atoms with E-state index in [1.165, 1.54) is 13.0 Å². The van der Waals surface area contributed by atoms with Crippen molar-refractivity contribution in [3.63, 3.8) is 0 Å². The summed E-state index contributed by atoms with van der Waals surface area (Å²) in [7, 11) is 0. The van der Waals surface area contributed by atoms with E-state index < -0.39 is 5.60 Å². The van der Waals surface area contributed by atoms with Crippen LogP contribution in [0.15, 0.2) is 60.9 Å². The van der Waals surface area contributed by atoms with Gasteiger partial charge in [-0.1, -0.05) is 18.2 Å². The van der Waals surface area contributed by atoms with E-state index in [1.54, 1.807) is 6.33 Å². The quantitative estimate of drug-likeness (QED) is 0.260. The number of hydrogen-bond acceptors (Lipinski definition) is 10. The molecule has 1 amide bonds. The minimum absolute atomic E-state index is 0.174. The lowest BCUT2D eigenvalue weighted by atomic mass is 9.97. The van der Waals surface area contributed by atoms with Gasteiger partial charge in [-0.25, -0.2) is 19.4 Å². The summed E-state index contributed by atoms with van der Waals surface area (Å²) in [4.78, 5) is 31.5. The van der Waals surface area contributed by atoms with E-state index in [-0.39, 0.29) is 12.1 Å². The van der Waals surface area contributed by atoms with Gasteiger partial charge in [0.1, 0.15) is 34.9 Å². The molecular formula is C39H51N9O3. The Morgan fingerprint density at radius 2 is 1.35 bits per heavy atom. The van der Waals surface area contributed by atoms with Crippen LogP contribution in [-0.2, 0) is 4.74 Å². The number of amides is 1.